The van der Waals surface area contributed by atoms with Crippen molar-refractivity contribution >= 4 is 0 Å². The minimum Gasteiger partial charge on any atom is -0.496 e. The Balaban J connectivity index is 2.09. The third-order valence-corrected chi connectivity index (χ3v) is 4.36. The monoisotopic (exact) mass is 277 g/mol. The fourth-order valence-corrected chi connectivity index (χ4v) is 3.27. The molecule has 2 rings (SSSR count). The molecule has 4 heteroatoms. The van der Waals surface area contributed by atoms with Gasteiger partial charge in [0.1, 0.15) is 5.75 Å². The Morgan fingerprint density at radius 1 is 1.45 bits per heavy atom. The van der Waals surface area contributed by atoms with Crippen LogP contribution in [0.4, 0.5) is 0 Å². The molecule has 0 bridgehead atoms. The number of nitrogens with zero attached hydrogens (tertiary/aromatic N) is 2. The van der Waals surface area contributed by atoms with Crippen LogP contribution in [0.3, 0.4) is 0 Å². The largest absolute Gasteiger partial charge is 0.496 e. The summed E-state index contributed by atoms with van der Waals surface area (Å²) in [4.78, 5) is 7.11. The lowest BCUT2D eigenvalue weighted by Crippen LogP contribution is -2.33. The lowest BCUT2D eigenvalue weighted by atomic mass is 9.90. The van der Waals surface area contributed by atoms with Crippen LogP contribution in [0.1, 0.15) is 30.2 Å². The fourth-order valence-electron chi connectivity index (χ4n) is 3.27. The first-order chi connectivity index (χ1) is 9.49. The normalized spacial score (nSPS) is 23.2. The minimum absolute atomic E-state index is 0.386. The second kappa shape index (κ2) is 6.10. The van der Waals surface area contributed by atoms with Crippen molar-refractivity contribution in [3.8, 4) is 5.75 Å². The summed E-state index contributed by atoms with van der Waals surface area (Å²) in [5.74, 6) is 0.979. The molecule has 1 atom stereocenters. The maximum atomic E-state index is 5.49. The maximum absolute atomic E-state index is 5.49. The van der Waals surface area contributed by atoms with Gasteiger partial charge in [0.2, 0.25) is 0 Å². The zero-order valence-electron chi connectivity index (χ0n) is 13.4. The summed E-state index contributed by atoms with van der Waals surface area (Å²) in [6, 6.07) is 0. The van der Waals surface area contributed by atoms with Crippen LogP contribution in [-0.2, 0) is 6.54 Å². The van der Waals surface area contributed by atoms with Gasteiger partial charge in [-0.3, -0.25) is 9.88 Å². The first kappa shape index (κ1) is 15.3. The van der Waals surface area contributed by atoms with Crippen LogP contribution < -0.4 is 10.1 Å². The number of aryl methyl sites for hydroxylation is 1. The Morgan fingerprint density at radius 2 is 2.20 bits per heavy atom. The first-order valence-corrected chi connectivity index (χ1v) is 7.35. The third-order valence-electron chi connectivity index (χ3n) is 4.36. The van der Waals surface area contributed by atoms with Gasteiger partial charge in [-0.2, -0.15) is 0 Å². The second-order valence-corrected chi connectivity index (χ2v) is 6.35. The molecule has 0 amide bonds. The molecule has 0 saturated carbocycles. The van der Waals surface area contributed by atoms with Crippen LogP contribution in [0.5, 0.6) is 5.75 Å². The lowest BCUT2D eigenvalue weighted by molar-refractivity contribution is 0.262. The zero-order chi connectivity index (χ0) is 14.8. The van der Waals surface area contributed by atoms with Crippen molar-refractivity contribution in [2.75, 3.05) is 33.8 Å². The Bertz CT molecular complexity index is 475. The standard InChI is InChI=1S/C16H27N3O/c1-12-8-18-14(13(2)15(12)20-5)9-19-7-6-16(3,11-19)10-17-4/h8,17H,6-7,9-11H2,1-5H3. The van der Waals surface area contributed by atoms with Crippen molar-refractivity contribution in [2.45, 2.75) is 33.7 Å². The highest BCUT2D eigenvalue weighted by atomic mass is 16.5. The van der Waals surface area contributed by atoms with Gasteiger partial charge in [-0.15, -0.1) is 0 Å². The molecule has 1 aliphatic heterocycles. The van der Waals surface area contributed by atoms with E-state index in [1.165, 1.54) is 12.0 Å². The number of pyridine rings is 1. The lowest BCUT2D eigenvalue weighted by Gasteiger charge is -2.24. The first-order valence-electron chi connectivity index (χ1n) is 7.35. The quantitative estimate of drug-likeness (QED) is 0.895. The maximum Gasteiger partial charge on any atom is 0.128 e. The highest BCUT2D eigenvalue weighted by Gasteiger charge is 2.33. The number of ether oxygens (including phenoxy) is 1. The molecule has 1 N–H and O–H groups in total. The van der Waals surface area contributed by atoms with Crippen molar-refractivity contribution in [1.29, 1.82) is 0 Å². The van der Waals surface area contributed by atoms with E-state index in [0.29, 0.717) is 5.41 Å². The number of hydrogen-bond acceptors (Lipinski definition) is 4. The Kier molecular flexibility index (Phi) is 4.66. The average Bonchev–Trinajstić information content (AvgIpc) is 2.75. The Morgan fingerprint density at radius 3 is 2.85 bits per heavy atom. The molecule has 20 heavy (non-hydrogen) atoms. The smallest absolute Gasteiger partial charge is 0.128 e. The Hall–Kier alpha value is -1.13. The molecule has 1 fully saturated rings. The minimum atomic E-state index is 0.386. The molecule has 0 radical (unpaired) electrons. The van der Waals surface area contributed by atoms with Crippen molar-refractivity contribution < 1.29 is 4.74 Å². The number of hydrogen-bond donors (Lipinski definition) is 1. The number of aromatic nitrogens is 1. The summed E-state index contributed by atoms with van der Waals surface area (Å²) in [7, 11) is 3.77. The van der Waals surface area contributed by atoms with Gasteiger partial charge in [-0.05, 0) is 39.3 Å². The summed E-state index contributed by atoms with van der Waals surface area (Å²) >= 11 is 0. The number of methoxy groups -OCH3 is 1. The van der Waals surface area contributed by atoms with Crippen molar-refractivity contribution in [2.24, 2.45) is 5.41 Å². The van der Waals surface area contributed by atoms with E-state index >= 15 is 0 Å². The number of rotatable bonds is 5. The van der Waals surface area contributed by atoms with E-state index in [1.807, 2.05) is 20.2 Å². The van der Waals surface area contributed by atoms with Crippen LogP contribution in [0.2, 0.25) is 0 Å². The van der Waals surface area contributed by atoms with Crippen molar-refractivity contribution in [1.82, 2.24) is 15.2 Å². The van der Waals surface area contributed by atoms with Gasteiger partial charge in [-0.25, -0.2) is 0 Å². The molecular weight excluding hydrogens is 250 g/mol. The van der Waals surface area contributed by atoms with Gasteiger partial charge >= 0.3 is 0 Å². The number of likely N-dealkylation sites (tertiary alicyclic amines) is 1. The summed E-state index contributed by atoms with van der Waals surface area (Å²) in [6.45, 7) is 10.8. The summed E-state index contributed by atoms with van der Waals surface area (Å²) in [5.41, 5.74) is 3.81. The molecular formula is C16H27N3O. The van der Waals surface area contributed by atoms with E-state index in [0.717, 1.165) is 43.2 Å². The van der Waals surface area contributed by atoms with Crippen LogP contribution >= 0.6 is 0 Å². The molecule has 1 aromatic heterocycles. The van der Waals surface area contributed by atoms with E-state index < -0.39 is 0 Å². The van der Waals surface area contributed by atoms with E-state index in [2.05, 4.69) is 29.0 Å². The van der Waals surface area contributed by atoms with E-state index in [-0.39, 0.29) is 0 Å². The zero-order valence-corrected chi connectivity index (χ0v) is 13.4. The van der Waals surface area contributed by atoms with E-state index in [9.17, 15) is 0 Å². The van der Waals surface area contributed by atoms with Crippen LogP contribution in [0, 0.1) is 19.3 Å². The third kappa shape index (κ3) is 3.13. The SMILES string of the molecule is CNCC1(C)CCN(Cc2ncc(C)c(OC)c2C)C1. The van der Waals surface area contributed by atoms with Gasteiger partial charge in [0.05, 0.1) is 12.8 Å². The summed E-state index contributed by atoms with van der Waals surface area (Å²) in [6.07, 6.45) is 3.17. The predicted molar refractivity (Wildman–Crippen MR) is 82.2 cm³/mol. The average molecular weight is 277 g/mol. The van der Waals surface area contributed by atoms with Gasteiger partial charge in [0.15, 0.2) is 0 Å². The highest BCUT2D eigenvalue weighted by molar-refractivity contribution is 5.41. The van der Waals surface area contributed by atoms with Crippen LogP contribution in [-0.4, -0.2) is 43.7 Å². The van der Waals surface area contributed by atoms with Crippen molar-refractivity contribution in [3.63, 3.8) is 0 Å². The molecule has 0 aliphatic carbocycles. The van der Waals surface area contributed by atoms with Crippen LogP contribution in [0.25, 0.3) is 0 Å². The molecule has 112 valence electrons. The molecule has 2 heterocycles. The van der Waals surface area contributed by atoms with Crippen LogP contribution in [0.15, 0.2) is 6.20 Å². The molecule has 1 aliphatic rings. The Labute approximate surface area is 122 Å². The predicted octanol–water partition coefficient (Wildman–Crippen LogP) is 2.14. The van der Waals surface area contributed by atoms with Gasteiger partial charge < -0.3 is 10.1 Å². The molecule has 1 saturated heterocycles. The van der Waals surface area contributed by atoms with Gasteiger partial charge in [0.25, 0.3) is 0 Å². The van der Waals surface area contributed by atoms with Crippen molar-refractivity contribution in [3.05, 3.63) is 23.0 Å². The second-order valence-electron chi connectivity index (χ2n) is 6.35. The summed E-state index contributed by atoms with van der Waals surface area (Å²) in [5, 5.41) is 3.31. The topological polar surface area (TPSA) is 37.4 Å². The molecule has 4 nitrogen and oxygen atoms in total. The molecule has 0 aromatic carbocycles. The van der Waals surface area contributed by atoms with Gasteiger partial charge in [0, 0.05) is 37.0 Å². The molecule has 1 aromatic rings. The fraction of sp³-hybridized carbons (Fsp3) is 0.688. The summed E-state index contributed by atoms with van der Waals surface area (Å²) < 4.78 is 5.49. The van der Waals surface area contributed by atoms with E-state index in [1.54, 1.807) is 7.11 Å². The highest BCUT2D eigenvalue weighted by Crippen LogP contribution is 2.31. The molecule has 1 unspecified atom stereocenters. The number of nitrogens with one attached hydrogen (secondary N) is 1. The molecule has 0 spiro atoms. The van der Waals surface area contributed by atoms with Gasteiger partial charge in [-0.1, -0.05) is 6.92 Å². The van der Waals surface area contributed by atoms with E-state index in [4.69, 9.17) is 4.74 Å².